The number of ketones is 2. The van der Waals surface area contributed by atoms with Gasteiger partial charge in [-0.1, -0.05) is 102 Å². The van der Waals surface area contributed by atoms with Gasteiger partial charge in [-0.3, -0.25) is 43.2 Å². The lowest BCUT2D eigenvalue weighted by atomic mass is 9.85. The number of amides is 3. The summed E-state index contributed by atoms with van der Waals surface area (Å²) in [6.07, 6.45) is 9.11. The number of nitrogens with one attached hydrogen (secondary N) is 4. The van der Waals surface area contributed by atoms with E-state index in [9.17, 15) is 71.4 Å². The van der Waals surface area contributed by atoms with Crippen molar-refractivity contribution in [2.45, 2.75) is 204 Å². The number of ether oxygens (including phenoxy) is 2. The van der Waals surface area contributed by atoms with Gasteiger partial charge in [-0.25, -0.2) is 86.0 Å². The third kappa shape index (κ3) is 24.1. The molecule has 0 radical (unpaired) electrons. The molecule has 12 aromatic heterocycles. The van der Waals surface area contributed by atoms with E-state index in [1.807, 2.05) is 153 Å². The molecule has 144 heavy (non-hydrogen) atoms. The largest absolute Gasteiger partial charge is 0.503 e. The number of aromatic amines is 3. The van der Waals surface area contributed by atoms with Crippen LogP contribution in [-0.4, -0.2) is 191 Å². The molecule has 0 aliphatic carbocycles. The lowest BCUT2D eigenvalue weighted by Gasteiger charge is -2.35. The van der Waals surface area contributed by atoms with Gasteiger partial charge in [0.15, 0.2) is 92.0 Å². The van der Waals surface area contributed by atoms with E-state index in [0.29, 0.717) is 95.7 Å². The molecule has 0 spiro atoms. The second-order valence-electron chi connectivity index (χ2n) is 37.4. The van der Waals surface area contributed by atoms with Crippen LogP contribution < -0.4 is 53.9 Å². The number of nitrogens with zero attached hydrogens (tertiary/aromatic N) is 18. The van der Waals surface area contributed by atoms with Crippen LogP contribution in [0.3, 0.4) is 0 Å². The fourth-order valence-electron chi connectivity index (χ4n) is 17.4. The first-order valence-electron chi connectivity index (χ1n) is 47.6. The Labute approximate surface area is 822 Å². The van der Waals surface area contributed by atoms with Gasteiger partial charge in [0.1, 0.15) is 24.8 Å². The summed E-state index contributed by atoms with van der Waals surface area (Å²) in [5, 5.41) is 40.9. The van der Waals surface area contributed by atoms with E-state index in [2.05, 4.69) is 65.8 Å². The first-order chi connectivity index (χ1) is 68.8. The lowest BCUT2D eigenvalue weighted by molar-refractivity contribution is -0.137. The van der Waals surface area contributed by atoms with E-state index < -0.39 is 69.0 Å². The van der Waals surface area contributed by atoms with E-state index in [1.54, 1.807) is 61.9 Å². The Hall–Kier alpha value is -16.0. The third-order valence-corrected chi connectivity index (χ3v) is 25.7. The Balaban J connectivity index is 0.000000159. The fourth-order valence-corrected chi connectivity index (χ4v) is 17.4. The van der Waals surface area contributed by atoms with Gasteiger partial charge in [0.25, 0.3) is 17.7 Å². The number of fused-ring (bicyclic) bond motifs is 6. The molecule has 3 aliphatic rings. The number of aryl methyl sites for hydroxylation is 2. The van der Waals surface area contributed by atoms with Crippen LogP contribution >= 0.6 is 0 Å². The topological polar surface area (TPSA) is 503 Å². The molecule has 3 atom stereocenters. The normalized spacial score (nSPS) is 13.6. The highest BCUT2D eigenvalue weighted by Crippen LogP contribution is 2.33. The number of carboxylic acids is 1. The van der Waals surface area contributed by atoms with Crippen molar-refractivity contribution in [3.8, 4) is 51.4 Å². The van der Waals surface area contributed by atoms with Gasteiger partial charge in [-0.15, -0.1) is 0 Å². The number of anilines is 1. The molecule has 754 valence electrons. The number of carboxylic acid groups (broad SMARTS) is 1. The molecule has 0 unspecified atom stereocenters. The van der Waals surface area contributed by atoms with Crippen LogP contribution in [0.25, 0.3) is 51.1 Å². The molecule has 14 aromatic rings. The van der Waals surface area contributed by atoms with Crippen LogP contribution in [0, 0.1) is 47.0 Å². The summed E-state index contributed by atoms with van der Waals surface area (Å²) in [5.41, 5.74) is 10.4. The average molecular weight is 1980 g/mol. The molecule has 42 heteroatoms. The molecule has 15 heterocycles. The maximum Gasteiger partial charge on any atom is 0.347 e. The van der Waals surface area contributed by atoms with Crippen molar-refractivity contribution in [1.82, 2.24) is 102 Å². The van der Waals surface area contributed by atoms with Crippen LogP contribution in [0.2, 0.25) is 0 Å². The zero-order valence-corrected chi connectivity index (χ0v) is 81.7. The van der Waals surface area contributed by atoms with Gasteiger partial charge in [0.05, 0.1) is 36.4 Å². The fraction of sp³-hybridized carbons (Fsp3) is 0.382. The SMILES string of the molecule is CC(C)N1CCn2c(CN)cc(=O)c(OCc3ccccc3)c2C1=O.CC(C)[C@@H](CC(=O)CCc1cc(=O)c(O)c2n1CCN(C(C)C)C2=O)Cc1nc(-c2ccc3n[nH]c(=O)n3c2)ncc1F.CC(C)[C@@H](CC(=O)CCc1cc(=O)c(OCc2ccccc2)c2n1CCN(C(C)C)C2=O)Cc1nc(-c2ccc3n[nH]c(=O)n3c2)ncc1F.CC(C)[C@@H](CC(=O)O)Nc1nc(-c2ccc3n[nH]c(=O)n3c2)ncc1F. The number of hydrogen-bond donors (Lipinski definition) is 7. The van der Waals surface area contributed by atoms with Crippen LogP contribution in [0.4, 0.5) is 19.0 Å². The molecule has 0 fully saturated rings. The molecule has 17 rings (SSSR count). The van der Waals surface area contributed by atoms with E-state index in [4.69, 9.17) is 20.3 Å². The van der Waals surface area contributed by atoms with Crippen molar-refractivity contribution in [3.63, 3.8) is 0 Å². The number of Topliss-reactive ketones (excluding diaryl/α,β-unsaturated/α-hetero) is 2. The molecule has 3 aliphatic heterocycles. The van der Waals surface area contributed by atoms with Crippen molar-refractivity contribution >= 4 is 58.0 Å². The number of aliphatic carboxylic acids is 1. The lowest BCUT2D eigenvalue weighted by Crippen LogP contribution is -2.46. The first-order valence-corrected chi connectivity index (χ1v) is 47.6. The van der Waals surface area contributed by atoms with Gasteiger partial charge in [0, 0.05) is 166 Å². The molecular formula is C102H114F3N23O16. The minimum absolute atomic E-state index is 0.0159. The molecule has 39 nitrogen and oxygen atoms in total. The Bertz CT molecular complexity index is 7510. The van der Waals surface area contributed by atoms with Gasteiger partial charge < -0.3 is 59.1 Å². The second-order valence-corrected chi connectivity index (χ2v) is 37.4. The number of halogens is 3. The number of rotatable bonds is 34. The molecule has 8 N–H and O–H groups in total. The van der Waals surface area contributed by atoms with E-state index in [-0.39, 0.29) is 212 Å². The predicted molar refractivity (Wildman–Crippen MR) is 527 cm³/mol. The highest BCUT2D eigenvalue weighted by molar-refractivity contribution is 5.98. The number of nitrogens with two attached hydrogens (primary N) is 1. The van der Waals surface area contributed by atoms with Gasteiger partial charge in [-0.2, -0.15) is 15.3 Å². The third-order valence-electron chi connectivity index (χ3n) is 25.7. The highest BCUT2D eigenvalue weighted by Gasteiger charge is 2.37. The molecule has 0 bridgehead atoms. The number of aromatic nitrogens is 18. The summed E-state index contributed by atoms with van der Waals surface area (Å²) in [6, 6.07) is 32.6. The first kappa shape index (κ1) is 104. The van der Waals surface area contributed by atoms with Gasteiger partial charge >= 0.3 is 23.0 Å². The Morgan fingerprint density at radius 2 is 0.806 bits per heavy atom. The average Bonchev–Trinajstić information content (AvgIpc) is 0.897. The molecule has 0 saturated heterocycles. The summed E-state index contributed by atoms with van der Waals surface area (Å²) >= 11 is 0. The molecule has 0 saturated carbocycles. The number of carbonyl (C=O) groups excluding carboxylic acids is 5. The maximum atomic E-state index is 15.0. The van der Waals surface area contributed by atoms with E-state index in [1.165, 1.54) is 43.8 Å². The number of carbonyl (C=O) groups is 6. The smallest absolute Gasteiger partial charge is 0.347 e. The Morgan fingerprint density at radius 3 is 1.18 bits per heavy atom. The quantitative estimate of drug-likeness (QED) is 0.0197. The maximum absolute atomic E-state index is 15.0. The van der Waals surface area contributed by atoms with Crippen molar-refractivity contribution in [2.24, 2.45) is 35.3 Å². The van der Waals surface area contributed by atoms with Crippen LogP contribution in [-0.2, 0) is 79.5 Å². The number of aromatic hydroxyl groups is 1. The molecule has 3 amide bonds. The Morgan fingerprint density at radius 1 is 0.444 bits per heavy atom. The van der Waals surface area contributed by atoms with Crippen LogP contribution in [0.5, 0.6) is 17.2 Å². The van der Waals surface area contributed by atoms with Crippen LogP contribution in [0.1, 0.15) is 186 Å². The van der Waals surface area contributed by atoms with Crippen molar-refractivity contribution in [1.29, 1.82) is 0 Å². The molecule has 2 aromatic carbocycles. The zero-order valence-electron chi connectivity index (χ0n) is 81.7. The predicted octanol–water partition coefficient (Wildman–Crippen LogP) is 10.7. The monoisotopic (exact) mass is 1970 g/mol. The summed E-state index contributed by atoms with van der Waals surface area (Å²) in [7, 11) is 0. The van der Waals surface area contributed by atoms with E-state index >= 15 is 4.39 Å². The van der Waals surface area contributed by atoms with E-state index in [0.717, 1.165) is 29.7 Å². The molecular weight excluding hydrogens is 1860 g/mol. The number of hydrogen-bond acceptors (Lipinski definition) is 26. The van der Waals surface area contributed by atoms with Crippen molar-refractivity contribution in [2.75, 3.05) is 25.0 Å². The van der Waals surface area contributed by atoms with Crippen molar-refractivity contribution < 1.29 is 61.6 Å². The minimum Gasteiger partial charge on any atom is -0.503 e. The summed E-state index contributed by atoms with van der Waals surface area (Å²) in [6.45, 7) is 26.6. The number of H-pyrrole nitrogens is 3. The standard InChI is InChI=1S/C37H40FN7O5.C30H34FN7O5.C19H23N3O3.C16H17FN6O3/c1-22(2)26(17-30-29(38)19-39-35(40-30)25-10-13-32-41-42-37(49)45(32)20-25)16-28(46)12-11-27-18-31(47)34(50-21-24-8-6-5-7-9-24)33-36(48)43(23(3)4)14-15-44(27)33;1-16(2)19(12-23-22(31)14-32-28(33-23)18-5-8-25-34-35-30(43)38(25)15-18)11-21(39)7-6-20-13-24(40)27(41)26-29(42)36(17(3)4)9-10-37(20)26;1-13(2)21-8-9-22-15(11-20)10-16(23)18(17(22)19(21)24)25-12-14-6-4-3-5-7-14;1-8(2)11(5-13(24)25)19-15-10(17)6-18-14(20-15)9-3-4-12-21-22-16(26)23(12)7-9/h5-10,13,18-20,22-23,26H,11-12,14-17,21H2,1-4H3,(H,42,49);5,8,13-17,19,41H,6-7,9-12H2,1-4H3,(H,35,43);3-7,10,13H,8-9,11-12,20H2,1-2H3;3-4,6-8,11H,5H2,1-2H3,(H,22,26)(H,24,25)(H,18,19,20)/t26-;19-;;11-/m00.1/s1. The minimum atomic E-state index is -0.990. The summed E-state index contributed by atoms with van der Waals surface area (Å²) in [4.78, 5) is 182. The number of pyridine rings is 6. The summed E-state index contributed by atoms with van der Waals surface area (Å²) < 4.78 is 65.0. The van der Waals surface area contributed by atoms with Crippen molar-refractivity contribution in [3.05, 3.63) is 289 Å². The van der Waals surface area contributed by atoms with Gasteiger partial charge in [0.2, 0.25) is 16.3 Å². The summed E-state index contributed by atoms with van der Waals surface area (Å²) in [5.74, 6) is -4.09. The highest BCUT2D eigenvalue weighted by atomic mass is 19.1. The van der Waals surface area contributed by atoms with Crippen LogP contribution in [0.15, 0.2) is 181 Å². The zero-order chi connectivity index (χ0) is 103. The second kappa shape index (κ2) is 45.7. The van der Waals surface area contributed by atoms with Gasteiger partial charge in [-0.05, 0) is 144 Å². The number of benzene rings is 2. The Kier molecular flexibility index (Phi) is 32.9.